The van der Waals surface area contributed by atoms with Crippen molar-refractivity contribution in [3.63, 3.8) is 0 Å². The third-order valence-electron chi connectivity index (χ3n) is 12.0. The number of urea groups is 1. The molecule has 0 aromatic rings. The number of carboxylic acids is 6. The molecule has 5 atom stereocenters. The fourth-order valence-corrected chi connectivity index (χ4v) is 8.17. The van der Waals surface area contributed by atoms with Gasteiger partial charge < -0.3 is 78.1 Å². The van der Waals surface area contributed by atoms with Crippen molar-refractivity contribution in [3.05, 3.63) is 0 Å². The van der Waals surface area contributed by atoms with E-state index in [-0.39, 0.29) is 79.3 Å². The van der Waals surface area contributed by atoms with Crippen LogP contribution < -0.4 is 42.5 Å². The predicted molar refractivity (Wildman–Crippen MR) is 299 cm³/mol. The zero-order valence-corrected chi connectivity index (χ0v) is 48.4. The summed E-state index contributed by atoms with van der Waals surface area (Å²) < 4.78 is -0.458. The summed E-state index contributed by atoms with van der Waals surface area (Å²) in [5.74, 6) is -11.0. The van der Waals surface area contributed by atoms with Gasteiger partial charge in [-0.1, -0.05) is 12.8 Å². The zero-order valence-electron chi connectivity index (χ0n) is 46.6. The number of carbonyl (C=O) groups excluding carboxylic acids is 6. The van der Waals surface area contributed by atoms with Gasteiger partial charge in [-0.05, 0) is 118 Å². The number of nitrogens with zero attached hydrogens (tertiary/aromatic N) is 1. The summed E-state index contributed by atoms with van der Waals surface area (Å²) in [6.07, 6.45) is 2.19. The van der Waals surface area contributed by atoms with Crippen molar-refractivity contribution in [3.8, 4) is 0 Å². The molecule has 0 aromatic carbocycles. The van der Waals surface area contributed by atoms with Crippen molar-refractivity contribution in [2.45, 2.75) is 202 Å². The van der Waals surface area contributed by atoms with Crippen LogP contribution in [0.5, 0.6) is 0 Å². The average molecular weight is 1180 g/mol. The normalized spacial score (nSPS) is 13.3. The highest BCUT2D eigenvalue weighted by atomic mass is 32.1. The Balaban J connectivity index is 4.90. The standard InChI is InChI=1S/C51H89N9O18S2/c1-50(2,79)31-52-28-30-60(32-51(3,4)80)29-14-11-19-40(63)55-33(20-23-41(64)65)44(70)56-34(21-24-42(66)67)45(71)57-35(46(72)73)15-9-12-26-53-38(61)17-7-5-6-8-18-39(62)54-27-13-10-16-36(47(74)75)58-49(78)59-37(48(76)77)22-25-43(68)69/h33-37,52,79-80H,5-32H2,1-4H3,(H,53,61)(H,54,62)(H,55,63)(H,56,70)(H,57,71)(H,64,65)(H,66,67)(H,68,69)(H,72,73)(H,74,75)(H,76,77)(H2,58,59,78)/t33-,34-,35+,36-,37-/m0/s1. The van der Waals surface area contributed by atoms with E-state index < -0.39 is 122 Å². The third kappa shape index (κ3) is 41.1. The van der Waals surface area contributed by atoms with Crippen LogP contribution in [-0.4, -0.2) is 192 Å². The van der Waals surface area contributed by atoms with Gasteiger partial charge in [0.15, 0.2) is 0 Å². The highest BCUT2D eigenvalue weighted by Crippen LogP contribution is 2.16. The van der Waals surface area contributed by atoms with Gasteiger partial charge in [-0.25, -0.2) is 19.2 Å². The summed E-state index contributed by atoms with van der Waals surface area (Å²) in [5.41, 5.74) is 0. The summed E-state index contributed by atoms with van der Waals surface area (Å²) in [6.45, 7) is 11.9. The van der Waals surface area contributed by atoms with Gasteiger partial charge in [-0.3, -0.25) is 38.4 Å². The molecule has 0 saturated heterocycles. The number of rotatable bonds is 48. The summed E-state index contributed by atoms with van der Waals surface area (Å²) in [5, 5.41) is 76.3. The average Bonchev–Trinajstić information content (AvgIpc) is 3.34. The van der Waals surface area contributed by atoms with Gasteiger partial charge in [0.1, 0.15) is 30.2 Å². The third-order valence-corrected chi connectivity index (χ3v) is 12.3. The molecule has 14 N–H and O–H groups in total. The fourth-order valence-electron chi connectivity index (χ4n) is 7.86. The van der Waals surface area contributed by atoms with Crippen LogP contribution in [0.3, 0.4) is 0 Å². The second kappa shape index (κ2) is 41.1. The first-order valence-electron chi connectivity index (χ1n) is 27.1. The molecule has 7 amide bonds. The predicted octanol–water partition coefficient (Wildman–Crippen LogP) is 1.72. The summed E-state index contributed by atoms with van der Waals surface area (Å²) >= 11 is 9.21. The van der Waals surface area contributed by atoms with E-state index in [1.807, 2.05) is 33.0 Å². The Hall–Kier alpha value is -5.94. The second-order valence-electron chi connectivity index (χ2n) is 20.9. The van der Waals surface area contributed by atoms with Gasteiger partial charge in [0, 0.05) is 87.3 Å². The van der Waals surface area contributed by atoms with E-state index in [4.69, 9.17) is 5.11 Å². The molecule has 0 aromatic heterocycles. The lowest BCUT2D eigenvalue weighted by atomic mass is 10.1. The van der Waals surface area contributed by atoms with Gasteiger partial charge >= 0.3 is 41.8 Å². The van der Waals surface area contributed by atoms with Gasteiger partial charge in [-0.2, -0.15) is 25.3 Å². The van der Waals surface area contributed by atoms with E-state index in [0.717, 1.165) is 6.54 Å². The van der Waals surface area contributed by atoms with Crippen LogP contribution in [0.15, 0.2) is 0 Å². The van der Waals surface area contributed by atoms with E-state index in [9.17, 15) is 83.1 Å². The highest BCUT2D eigenvalue weighted by Gasteiger charge is 2.31. The maximum Gasteiger partial charge on any atom is 0.326 e. The number of aliphatic carboxylic acids is 6. The lowest BCUT2D eigenvalue weighted by Crippen LogP contribution is -2.56. The summed E-state index contributed by atoms with van der Waals surface area (Å²) in [6, 6.07) is -8.38. The summed E-state index contributed by atoms with van der Waals surface area (Å²) in [4.78, 5) is 148. The molecule has 0 spiro atoms. The number of thiol groups is 2. The van der Waals surface area contributed by atoms with Crippen molar-refractivity contribution in [2.24, 2.45) is 0 Å². The topological polar surface area (TPSA) is 426 Å². The van der Waals surface area contributed by atoms with Crippen molar-refractivity contribution in [1.82, 2.24) is 47.4 Å². The Morgan fingerprint density at radius 3 is 1.21 bits per heavy atom. The molecule has 0 bridgehead atoms. The molecule has 0 rings (SSSR count). The van der Waals surface area contributed by atoms with Gasteiger partial charge in [0.05, 0.1) is 0 Å². The Morgan fingerprint density at radius 1 is 0.400 bits per heavy atom. The van der Waals surface area contributed by atoms with Crippen LogP contribution in [0.1, 0.15) is 163 Å². The number of unbranched alkanes of at least 4 members (excludes halogenated alkanes) is 6. The number of carboxylic acid groups (broad SMARTS) is 6. The van der Waals surface area contributed by atoms with E-state index in [1.54, 1.807) is 0 Å². The number of amides is 7. The van der Waals surface area contributed by atoms with Crippen LogP contribution in [0.2, 0.25) is 0 Å². The molecule has 0 heterocycles. The molecule has 0 aliphatic heterocycles. The van der Waals surface area contributed by atoms with Crippen molar-refractivity contribution in [1.29, 1.82) is 0 Å². The Bertz CT molecular complexity index is 2010. The fraction of sp³-hybridized carbons (Fsp3) is 0.765. The van der Waals surface area contributed by atoms with Gasteiger partial charge in [0.25, 0.3) is 0 Å². The van der Waals surface area contributed by atoms with Crippen LogP contribution >= 0.6 is 25.3 Å². The van der Waals surface area contributed by atoms with E-state index >= 15 is 0 Å². The van der Waals surface area contributed by atoms with Crippen molar-refractivity contribution in [2.75, 3.05) is 45.8 Å². The Labute approximate surface area is 478 Å². The first kappa shape index (κ1) is 74.1. The lowest BCUT2D eigenvalue weighted by molar-refractivity contribution is -0.143. The van der Waals surface area contributed by atoms with E-state index in [0.29, 0.717) is 84.0 Å². The van der Waals surface area contributed by atoms with Crippen LogP contribution in [0, 0.1) is 0 Å². The van der Waals surface area contributed by atoms with Crippen LogP contribution in [0.4, 0.5) is 4.79 Å². The van der Waals surface area contributed by atoms with Gasteiger partial charge in [0.2, 0.25) is 29.5 Å². The molecule has 29 heteroatoms. The Kier molecular flexibility index (Phi) is 38.1. The summed E-state index contributed by atoms with van der Waals surface area (Å²) in [7, 11) is 0. The largest absolute Gasteiger partial charge is 0.481 e. The molecule has 0 saturated carbocycles. The number of hydrogen-bond acceptors (Lipinski definition) is 16. The highest BCUT2D eigenvalue weighted by molar-refractivity contribution is 7.82. The molecular formula is C51H89N9O18S2. The molecule has 0 fully saturated rings. The first-order valence-corrected chi connectivity index (χ1v) is 28.0. The molecule has 0 radical (unpaired) electrons. The second-order valence-corrected chi connectivity index (χ2v) is 23.3. The molecular weight excluding hydrogens is 1090 g/mol. The number of nitrogens with one attached hydrogen (secondary N) is 8. The van der Waals surface area contributed by atoms with Crippen LogP contribution in [-0.2, 0) is 52.7 Å². The van der Waals surface area contributed by atoms with Gasteiger partial charge in [-0.15, -0.1) is 0 Å². The maximum atomic E-state index is 13.5. The molecule has 0 aliphatic rings. The maximum absolute atomic E-state index is 13.5. The molecule has 458 valence electrons. The van der Waals surface area contributed by atoms with Crippen LogP contribution in [0.25, 0.3) is 0 Å². The van der Waals surface area contributed by atoms with Crippen molar-refractivity contribution < 1.29 is 88.2 Å². The minimum absolute atomic E-state index is 0.00434. The lowest BCUT2D eigenvalue weighted by Gasteiger charge is -2.30. The molecule has 0 unspecified atom stereocenters. The smallest absolute Gasteiger partial charge is 0.326 e. The molecule has 0 aliphatic carbocycles. The number of hydrogen-bond donors (Lipinski definition) is 16. The number of carbonyl (C=O) groups is 12. The Morgan fingerprint density at radius 2 is 0.787 bits per heavy atom. The zero-order chi connectivity index (χ0) is 60.8. The first-order chi connectivity index (χ1) is 37.4. The minimum Gasteiger partial charge on any atom is -0.481 e. The van der Waals surface area contributed by atoms with E-state index in [2.05, 4.69) is 67.4 Å². The molecule has 80 heavy (non-hydrogen) atoms. The minimum atomic E-state index is -1.56. The molecule has 27 nitrogen and oxygen atoms in total. The van der Waals surface area contributed by atoms with Crippen molar-refractivity contribution >= 4 is 96.6 Å². The SMILES string of the molecule is CC(C)(S)CNCCN(CCCCC(=O)N[C@@H](CCC(=O)O)C(=O)N[C@@H](CCC(=O)O)C(=O)N[C@H](CCCCNC(=O)CCCCCCC(=O)NCCCC[C@H](NC(=O)N[C@@H](CCC(=O)O)C(=O)O)C(=O)O)C(=O)O)CC(C)(C)S. The monoisotopic (exact) mass is 1180 g/mol. The van der Waals surface area contributed by atoms with E-state index in [1.165, 1.54) is 0 Å². The quantitative estimate of drug-likeness (QED) is 0.0305.